The minimum absolute atomic E-state index is 1.16. The van der Waals surface area contributed by atoms with Gasteiger partial charge in [-0.25, -0.2) is 0 Å². The summed E-state index contributed by atoms with van der Waals surface area (Å²) >= 11 is 0. The van der Waals surface area contributed by atoms with Gasteiger partial charge in [-0.2, -0.15) is 0 Å². The fourth-order valence-electron chi connectivity index (χ4n) is 8.62. The fraction of sp³-hybridized carbons (Fsp3) is 0. The molecule has 10 aromatic carbocycles. The van der Waals surface area contributed by atoms with Gasteiger partial charge >= 0.3 is 0 Å². The van der Waals surface area contributed by atoms with E-state index in [1.165, 1.54) is 93.9 Å². The molecular weight excluding hydrogens is 697 g/mol. The van der Waals surface area contributed by atoms with Gasteiger partial charge in [0.15, 0.2) is 0 Å². The van der Waals surface area contributed by atoms with Crippen LogP contribution in [0.15, 0.2) is 237 Å². The molecule has 0 heterocycles. The minimum Gasteiger partial charge on any atom is -0.0622 e. The van der Waals surface area contributed by atoms with Crippen molar-refractivity contribution in [3.05, 3.63) is 253 Å². The Labute approximate surface area is 340 Å². The lowest BCUT2D eigenvalue weighted by Gasteiger charge is -2.22. The van der Waals surface area contributed by atoms with E-state index in [-0.39, 0.29) is 0 Å². The smallest absolute Gasteiger partial charge is 0.00259 e. The third-order valence-electron chi connectivity index (χ3n) is 11.3. The molecule has 0 saturated heterocycles. The second kappa shape index (κ2) is 15.5. The van der Waals surface area contributed by atoms with Gasteiger partial charge in [0.1, 0.15) is 0 Å². The predicted octanol–water partition coefficient (Wildman–Crippen LogP) is 15.9. The van der Waals surface area contributed by atoms with Crippen molar-refractivity contribution in [3.8, 4) is 55.6 Å². The summed E-state index contributed by atoms with van der Waals surface area (Å²) in [6, 6.07) is 85.8. The first-order valence-corrected chi connectivity index (χ1v) is 20.0. The van der Waals surface area contributed by atoms with E-state index in [1.54, 1.807) is 0 Å². The fourth-order valence-corrected chi connectivity index (χ4v) is 8.62. The predicted molar refractivity (Wildman–Crippen MR) is 248 cm³/mol. The van der Waals surface area contributed by atoms with Crippen LogP contribution in [0.1, 0.15) is 16.7 Å². The van der Waals surface area contributed by atoms with E-state index in [2.05, 4.69) is 243 Å². The first-order valence-electron chi connectivity index (χ1n) is 20.0. The summed E-state index contributed by atoms with van der Waals surface area (Å²) in [5.74, 6) is 0. The van der Waals surface area contributed by atoms with Crippen LogP contribution in [0.25, 0.3) is 88.8 Å². The van der Waals surface area contributed by atoms with Crippen LogP contribution >= 0.6 is 0 Å². The molecule has 0 saturated carbocycles. The molecule has 0 amide bonds. The van der Waals surface area contributed by atoms with Crippen molar-refractivity contribution in [1.82, 2.24) is 0 Å². The lowest BCUT2D eigenvalue weighted by molar-refractivity contribution is 1.55. The summed E-state index contributed by atoms with van der Waals surface area (Å²) in [4.78, 5) is 0. The molecule has 0 nitrogen and oxygen atoms in total. The molecule has 0 aliphatic carbocycles. The monoisotopic (exact) mass is 736 g/mol. The van der Waals surface area contributed by atoms with Crippen LogP contribution in [-0.4, -0.2) is 0 Å². The maximum Gasteiger partial charge on any atom is -0.00259 e. The zero-order chi connectivity index (χ0) is 38.7. The third-order valence-corrected chi connectivity index (χ3v) is 11.3. The highest BCUT2D eigenvalue weighted by molar-refractivity contribution is 6.22. The van der Waals surface area contributed by atoms with Crippen molar-refractivity contribution in [2.75, 3.05) is 0 Å². The van der Waals surface area contributed by atoms with Crippen LogP contribution in [-0.2, 0) is 0 Å². The van der Waals surface area contributed by atoms with Gasteiger partial charge in [0.25, 0.3) is 0 Å². The standard InChI is InChI=1S/C58H40/c1-6-20-42(21-7-1)53(43-22-8-2-9-23-43)38-41-34-36-47(37-35-41)56-49-30-16-18-32-51(49)58(52-33-19-17-31-50(52)56)48-39-54(44-24-10-3-11-25-44)57(46-28-14-5-15-29-46)55(40-48)45-26-12-4-13-27-45/h1-40H. The van der Waals surface area contributed by atoms with Crippen molar-refractivity contribution in [2.24, 2.45) is 0 Å². The molecule has 272 valence electrons. The Hall–Kier alpha value is -7.54. The van der Waals surface area contributed by atoms with Gasteiger partial charge in [-0.3, -0.25) is 0 Å². The Kier molecular flexibility index (Phi) is 9.35. The largest absolute Gasteiger partial charge is 0.0622 e. The number of hydrogen-bond acceptors (Lipinski definition) is 0. The summed E-state index contributed by atoms with van der Waals surface area (Å²) in [7, 11) is 0. The van der Waals surface area contributed by atoms with Crippen molar-refractivity contribution in [3.63, 3.8) is 0 Å². The lowest BCUT2D eigenvalue weighted by Crippen LogP contribution is -1.95. The summed E-state index contributed by atoms with van der Waals surface area (Å²) in [6.45, 7) is 0. The number of rotatable bonds is 8. The molecule has 0 N–H and O–H groups in total. The topological polar surface area (TPSA) is 0 Å². The van der Waals surface area contributed by atoms with Gasteiger partial charge in [-0.15, -0.1) is 0 Å². The van der Waals surface area contributed by atoms with E-state index < -0.39 is 0 Å². The molecule has 0 bridgehead atoms. The molecule has 0 radical (unpaired) electrons. The van der Waals surface area contributed by atoms with Crippen molar-refractivity contribution < 1.29 is 0 Å². The quantitative estimate of drug-likeness (QED) is 0.108. The second-order valence-electron chi connectivity index (χ2n) is 14.8. The summed E-state index contributed by atoms with van der Waals surface area (Å²) in [6.07, 6.45) is 2.31. The molecular formula is C58H40. The van der Waals surface area contributed by atoms with Crippen LogP contribution < -0.4 is 0 Å². The normalized spacial score (nSPS) is 11.1. The summed E-state index contributed by atoms with van der Waals surface area (Å²) in [5.41, 5.74) is 16.9. The number of hydrogen-bond donors (Lipinski definition) is 0. The molecule has 58 heavy (non-hydrogen) atoms. The zero-order valence-electron chi connectivity index (χ0n) is 32.1. The van der Waals surface area contributed by atoms with E-state index in [4.69, 9.17) is 0 Å². The second-order valence-corrected chi connectivity index (χ2v) is 14.8. The van der Waals surface area contributed by atoms with Gasteiger partial charge in [0, 0.05) is 0 Å². The minimum atomic E-state index is 1.16. The van der Waals surface area contributed by atoms with Gasteiger partial charge < -0.3 is 0 Å². The highest BCUT2D eigenvalue weighted by Gasteiger charge is 2.21. The highest BCUT2D eigenvalue weighted by Crippen LogP contribution is 2.48. The Bertz CT molecular complexity index is 2880. The van der Waals surface area contributed by atoms with Crippen LogP contribution in [0.4, 0.5) is 0 Å². The first-order chi connectivity index (χ1) is 28.8. The maximum absolute atomic E-state index is 2.43. The highest BCUT2D eigenvalue weighted by atomic mass is 14.2. The SMILES string of the molecule is C(=C(c1ccccc1)c1ccccc1)c1ccc(-c2c3ccccc3c(-c3cc(-c4ccccc4)c(-c4ccccc4)c(-c4ccccc4)c3)c3ccccc23)cc1. The van der Waals surface area contributed by atoms with Crippen molar-refractivity contribution in [1.29, 1.82) is 0 Å². The third kappa shape index (κ3) is 6.61. The van der Waals surface area contributed by atoms with Crippen LogP contribution in [0, 0.1) is 0 Å². The van der Waals surface area contributed by atoms with Gasteiger partial charge in [0.05, 0.1) is 0 Å². The molecule has 0 aromatic heterocycles. The first kappa shape index (κ1) is 34.9. The lowest BCUT2D eigenvalue weighted by atomic mass is 9.81. The van der Waals surface area contributed by atoms with E-state index >= 15 is 0 Å². The Morgan fingerprint density at radius 1 is 0.259 bits per heavy atom. The molecule has 0 unspecified atom stereocenters. The number of benzene rings is 10. The summed E-state index contributed by atoms with van der Waals surface area (Å²) in [5, 5.41) is 4.95. The van der Waals surface area contributed by atoms with Crippen LogP contribution in [0.5, 0.6) is 0 Å². The molecule has 10 aromatic rings. The van der Waals surface area contributed by atoms with E-state index in [1.807, 2.05) is 0 Å². The molecule has 0 aliphatic heterocycles. The Morgan fingerprint density at radius 3 is 1.00 bits per heavy atom. The number of fused-ring (bicyclic) bond motifs is 2. The van der Waals surface area contributed by atoms with Crippen LogP contribution in [0.2, 0.25) is 0 Å². The molecule has 0 spiro atoms. The van der Waals surface area contributed by atoms with Gasteiger partial charge in [-0.05, 0) is 118 Å². The van der Waals surface area contributed by atoms with Gasteiger partial charge in [0.2, 0.25) is 0 Å². The van der Waals surface area contributed by atoms with E-state index in [0.717, 1.165) is 5.56 Å². The molecule has 0 aliphatic rings. The van der Waals surface area contributed by atoms with E-state index in [9.17, 15) is 0 Å². The molecule has 0 heteroatoms. The molecule has 0 fully saturated rings. The van der Waals surface area contributed by atoms with Crippen LogP contribution in [0.3, 0.4) is 0 Å². The average Bonchev–Trinajstić information content (AvgIpc) is 3.31. The van der Waals surface area contributed by atoms with Crippen molar-refractivity contribution >= 4 is 33.2 Å². The Balaban J connectivity index is 1.19. The van der Waals surface area contributed by atoms with E-state index in [0.29, 0.717) is 0 Å². The Morgan fingerprint density at radius 2 is 0.586 bits per heavy atom. The zero-order valence-corrected chi connectivity index (χ0v) is 32.1. The average molecular weight is 737 g/mol. The summed E-state index contributed by atoms with van der Waals surface area (Å²) < 4.78 is 0. The molecule has 0 atom stereocenters. The van der Waals surface area contributed by atoms with Crippen molar-refractivity contribution in [2.45, 2.75) is 0 Å². The molecule has 10 rings (SSSR count). The maximum atomic E-state index is 2.43. The van der Waals surface area contributed by atoms with Gasteiger partial charge in [-0.1, -0.05) is 224 Å².